The summed E-state index contributed by atoms with van der Waals surface area (Å²) < 4.78 is 42.9. The number of hydrogen-bond donors (Lipinski definition) is 1. The van der Waals surface area contributed by atoms with E-state index in [1.807, 2.05) is 19.9 Å². The van der Waals surface area contributed by atoms with E-state index in [1.54, 1.807) is 49.4 Å². The van der Waals surface area contributed by atoms with Crippen LogP contribution >= 0.6 is 0 Å². The van der Waals surface area contributed by atoms with Gasteiger partial charge in [-0.25, -0.2) is 12.8 Å². The van der Waals surface area contributed by atoms with Gasteiger partial charge < -0.3 is 10.2 Å². The van der Waals surface area contributed by atoms with Crippen LogP contribution in [0.25, 0.3) is 0 Å². The third-order valence-electron chi connectivity index (χ3n) is 5.91. The van der Waals surface area contributed by atoms with Gasteiger partial charge in [-0.05, 0) is 56.2 Å². The van der Waals surface area contributed by atoms with E-state index in [9.17, 15) is 22.4 Å². The zero-order valence-corrected chi connectivity index (χ0v) is 22.0. The monoisotopic (exact) mass is 525 g/mol. The summed E-state index contributed by atoms with van der Waals surface area (Å²) in [4.78, 5) is 27.8. The minimum Gasteiger partial charge on any atom is -0.354 e. The van der Waals surface area contributed by atoms with E-state index in [0.717, 1.165) is 9.87 Å². The normalized spacial score (nSPS) is 12.0. The molecule has 196 valence electrons. The number of sulfonamides is 1. The predicted molar refractivity (Wildman–Crippen MR) is 142 cm³/mol. The van der Waals surface area contributed by atoms with Gasteiger partial charge in [0.05, 0.1) is 10.6 Å². The molecule has 3 aromatic rings. The Bertz CT molecular complexity index is 1330. The number of carbonyl (C=O) groups excluding carboxylic acids is 2. The second-order valence-electron chi connectivity index (χ2n) is 8.74. The van der Waals surface area contributed by atoms with E-state index in [2.05, 4.69) is 5.32 Å². The highest BCUT2D eigenvalue weighted by molar-refractivity contribution is 7.92. The summed E-state index contributed by atoms with van der Waals surface area (Å²) in [5.74, 6) is -1.56. The Balaban J connectivity index is 2.02. The van der Waals surface area contributed by atoms with Crippen molar-refractivity contribution in [3.63, 3.8) is 0 Å². The maximum atomic E-state index is 14.5. The average molecular weight is 526 g/mol. The van der Waals surface area contributed by atoms with E-state index in [-0.39, 0.29) is 17.0 Å². The number of amides is 2. The molecule has 0 aliphatic rings. The van der Waals surface area contributed by atoms with E-state index < -0.39 is 40.2 Å². The van der Waals surface area contributed by atoms with E-state index in [0.29, 0.717) is 18.7 Å². The molecular weight excluding hydrogens is 493 g/mol. The number of benzene rings is 3. The number of hydrogen-bond acceptors (Lipinski definition) is 4. The van der Waals surface area contributed by atoms with Gasteiger partial charge in [0, 0.05) is 18.7 Å². The molecule has 0 bridgehead atoms. The third-order valence-corrected chi connectivity index (χ3v) is 7.70. The Morgan fingerprint density at radius 2 is 1.65 bits per heavy atom. The van der Waals surface area contributed by atoms with Crippen LogP contribution in [0.4, 0.5) is 10.1 Å². The summed E-state index contributed by atoms with van der Waals surface area (Å²) in [6, 6.07) is 19.7. The van der Waals surface area contributed by atoms with Crippen molar-refractivity contribution in [2.75, 3.05) is 17.4 Å². The van der Waals surface area contributed by atoms with Crippen LogP contribution in [-0.4, -0.2) is 44.3 Å². The van der Waals surface area contributed by atoms with Gasteiger partial charge in [0.1, 0.15) is 18.4 Å². The van der Waals surface area contributed by atoms with Gasteiger partial charge in [0.15, 0.2) is 0 Å². The lowest BCUT2D eigenvalue weighted by Crippen LogP contribution is -2.51. The third kappa shape index (κ3) is 6.95. The largest absolute Gasteiger partial charge is 0.354 e. The maximum absolute atomic E-state index is 14.5. The van der Waals surface area contributed by atoms with Gasteiger partial charge in [-0.1, -0.05) is 55.5 Å². The molecule has 0 spiro atoms. The zero-order chi connectivity index (χ0) is 27.0. The molecule has 37 heavy (non-hydrogen) atoms. The average Bonchev–Trinajstić information content (AvgIpc) is 2.89. The minimum atomic E-state index is -4.13. The van der Waals surface area contributed by atoms with Crippen molar-refractivity contribution in [3.05, 3.63) is 95.8 Å². The fourth-order valence-electron chi connectivity index (χ4n) is 3.82. The molecule has 0 saturated carbocycles. The Hall–Kier alpha value is -3.72. The lowest BCUT2D eigenvalue weighted by atomic mass is 10.1. The van der Waals surface area contributed by atoms with Crippen LogP contribution in [0, 0.1) is 12.7 Å². The van der Waals surface area contributed by atoms with Crippen LogP contribution in [0.1, 0.15) is 31.4 Å². The van der Waals surface area contributed by atoms with E-state index in [1.165, 1.54) is 35.2 Å². The Kier molecular flexibility index (Phi) is 9.41. The summed E-state index contributed by atoms with van der Waals surface area (Å²) in [6.07, 6.45) is 0.705. The van der Waals surface area contributed by atoms with Gasteiger partial charge in [0.25, 0.3) is 10.0 Å². The maximum Gasteiger partial charge on any atom is 0.264 e. The first-order valence-corrected chi connectivity index (χ1v) is 13.5. The predicted octanol–water partition coefficient (Wildman–Crippen LogP) is 4.27. The molecule has 1 atom stereocenters. The number of carbonyl (C=O) groups is 2. The minimum absolute atomic E-state index is 0.0266. The second-order valence-corrected chi connectivity index (χ2v) is 10.6. The van der Waals surface area contributed by atoms with Crippen LogP contribution in [-0.2, 0) is 26.2 Å². The first kappa shape index (κ1) is 27.9. The molecule has 3 aromatic carbocycles. The van der Waals surface area contributed by atoms with Crippen molar-refractivity contribution in [3.8, 4) is 0 Å². The molecule has 0 aromatic heterocycles. The first-order valence-electron chi connectivity index (χ1n) is 12.1. The van der Waals surface area contributed by atoms with Crippen molar-refractivity contribution >= 4 is 27.5 Å². The van der Waals surface area contributed by atoms with E-state index >= 15 is 0 Å². The van der Waals surface area contributed by atoms with Crippen LogP contribution in [0.2, 0.25) is 0 Å². The van der Waals surface area contributed by atoms with Gasteiger partial charge in [-0.2, -0.15) is 0 Å². The fraction of sp³-hybridized carbons (Fsp3) is 0.286. The van der Waals surface area contributed by atoms with Gasteiger partial charge in [-0.15, -0.1) is 0 Å². The molecule has 2 amide bonds. The standard InChI is InChI=1S/C28H32FN3O4S/c1-4-17-30-28(34)22(3)31(19-23-12-8-9-16-26(23)29)27(33)20-32(24-13-10-11-21(2)18-24)37(35,36)25-14-6-5-7-15-25/h5-16,18,22H,4,17,19-20H2,1-3H3,(H,30,34)/t22-/m0/s1. The second kappa shape index (κ2) is 12.5. The molecule has 0 heterocycles. The number of nitrogens with one attached hydrogen (secondary N) is 1. The Morgan fingerprint density at radius 1 is 0.973 bits per heavy atom. The van der Waals surface area contributed by atoms with Gasteiger partial charge in [-0.3, -0.25) is 13.9 Å². The van der Waals surface area contributed by atoms with Crippen molar-refractivity contribution < 1.29 is 22.4 Å². The molecule has 1 N–H and O–H groups in total. The Labute approximate surface area is 218 Å². The smallest absolute Gasteiger partial charge is 0.264 e. The highest BCUT2D eigenvalue weighted by atomic mass is 32.2. The van der Waals surface area contributed by atoms with Crippen LogP contribution in [0.15, 0.2) is 83.8 Å². The highest BCUT2D eigenvalue weighted by Crippen LogP contribution is 2.25. The number of nitrogens with zero attached hydrogens (tertiary/aromatic N) is 2. The highest BCUT2D eigenvalue weighted by Gasteiger charge is 2.32. The molecule has 0 unspecified atom stereocenters. The number of halogens is 1. The SMILES string of the molecule is CCCNC(=O)[C@H](C)N(Cc1ccccc1F)C(=O)CN(c1cccc(C)c1)S(=O)(=O)c1ccccc1. The molecule has 0 aliphatic carbocycles. The Morgan fingerprint density at radius 3 is 2.30 bits per heavy atom. The molecule has 9 heteroatoms. The van der Waals surface area contributed by atoms with Crippen molar-refractivity contribution in [1.82, 2.24) is 10.2 Å². The van der Waals surface area contributed by atoms with Crippen LogP contribution < -0.4 is 9.62 Å². The lowest BCUT2D eigenvalue weighted by Gasteiger charge is -2.32. The lowest BCUT2D eigenvalue weighted by molar-refractivity contribution is -0.139. The molecular formula is C28H32FN3O4S. The summed E-state index contributed by atoms with van der Waals surface area (Å²) in [5, 5.41) is 2.76. The van der Waals surface area contributed by atoms with Crippen molar-refractivity contribution in [2.45, 2.75) is 44.7 Å². The van der Waals surface area contributed by atoms with Gasteiger partial charge in [0.2, 0.25) is 11.8 Å². The fourth-order valence-corrected chi connectivity index (χ4v) is 5.25. The van der Waals surface area contributed by atoms with Crippen LogP contribution in [0.3, 0.4) is 0 Å². The molecule has 0 aliphatic heterocycles. The van der Waals surface area contributed by atoms with Crippen molar-refractivity contribution in [2.24, 2.45) is 0 Å². The number of anilines is 1. The van der Waals surface area contributed by atoms with E-state index in [4.69, 9.17) is 0 Å². The summed E-state index contributed by atoms with van der Waals surface area (Å²) in [6.45, 7) is 4.93. The molecule has 0 fully saturated rings. The quantitative estimate of drug-likeness (QED) is 0.405. The molecule has 3 rings (SSSR count). The summed E-state index contributed by atoms with van der Waals surface area (Å²) >= 11 is 0. The summed E-state index contributed by atoms with van der Waals surface area (Å²) in [5.41, 5.74) is 1.35. The van der Waals surface area contributed by atoms with Crippen LogP contribution in [0.5, 0.6) is 0 Å². The first-order chi connectivity index (χ1) is 17.6. The zero-order valence-electron chi connectivity index (χ0n) is 21.2. The molecule has 0 saturated heterocycles. The number of aryl methyl sites for hydroxylation is 1. The number of rotatable bonds is 11. The molecule has 0 radical (unpaired) electrons. The summed E-state index contributed by atoms with van der Waals surface area (Å²) in [7, 11) is -4.13. The molecule has 7 nitrogen and oxygen atoms in total. The topological polar surface area (TPSA) is 86.8 Å². The van der Waals surface area contributed by atoms with Crippen molar-refractivity contribution in [1.29, 1.82) is 0 Å². The van der Waals surface area contributed by atoms with Gasteiger partial charge >= 0.3 is 0 Å².